The monoisotopic (exact) mass is 341 g/mol. The maximum atomic E-state index is 10.7. The molecule has 0 bridgehead atoms. The van der Waals surface area contributed by atoms with Crippen LogP contribution in [-0.2, 0) is 4.79 Å². The van der Waals surface area contributed by atoms with Gasteiger partial charge in [-0.3, -0.25) is 9.69 Å². The molecule has 0 fully saturated rings. The summed E-state index contributed by atoms with van der Waals surface area (Å²) in [6, 6.07) is 8.19. The van der Waals surface area contributed by atoms with Crippen molar-refractivity contribution in [1.82, 2.24) is 4.90 Å². The smallest absolute Gasteiger partial charge is 0.317 e. The van der Waals surface area contributed by atoms with Crippen LogP contribution in [0.1, 0.15) is 31.4 Å². The van der Waals surface area contributed by atoms with E-state index in [9.17, 15) is 4.79 Å². The molecule has 1 aromatic carbocycles. The van der Waals surface area contributed by atoms with Crippen molar-refractivity contribution in [2.45, 2.75) is 27.2 Å². The Bertz CT molecular complexity index is 627. The first kappa shape index (κ1) is 22.6. The third-order valence-electron chi connectivity index (χ3n) is 3.53. The zero-order chi connectivity index (χ0) is 19.2. The first-order valence-electron chi connectivity index (χ1n) is 8.61. The quantitative estimate of drug-likeness (QED) is 0.635. The van der Waals surface area contributed by atoms with Gasteiger partial charge in [0.1, 0.15) is 0 Å². The van der Waals surface area contributed by atoms with Gasteiger partial charge in [-0.2, -0.15) is 0 Å². The Balaban J connectivity index is 0.00000277. The summed E-state index contributed by atoms with van der Waals surface area (Å²) in [4.78, 5) is 12.5. The number of benzene rings is 1. The lowest BCUT2D eigenvalue weighted by Crippen LogP contribution is -2.26. The number of likely N-dealkylation sites (N-methyl/N-ethyl adjacent to an activating group) is 1. The van der Waals surface area contributed by atoms with Gasteiger partial charge in [0, 0.05) is 6.54 Å². The van der Waals surface area contributed by atoms with Crippen molar-refractivity contribution in [2.24, 2.45) is 0 Å². The molecule has 0 heterocycles. The van der Waals surface area contributed by atoms with Crippen LogP contribution in [0.2, 0.25) is 0 Å². The molecule has 0 atom stereocenters. The van der Waals surface area contributed by atoms with Gasteiger partial charge in [-0.25, -0.2) is 0 Å². The zero-order valence-corrected chi connectivity index (χ0v) is 16.0. The van der Waals surface area contributed by atoms with Crippen molar-refractivity contribution in [3.8, 4) is 0 Å². The average Bonchev–Trinajstić information content (AvgIpc) is 2.59. The molecular weight excluding hydrogens is 310 g/mol. The number of hydrogen-bond donors (Lipinski definition) is 1. The fraction of sp³-hybridized carbons (Fsp3) is 0.318. The molecule has 0 amide bonds. The van der Waals surface area contributed by atoms with E-state index in [1.54, 1.807) is 11.0 Å². The Labute approximate surface area is 152 Å². The Kier molecular flexibility index (Phi) is 11.7. The molecule has 0 spiro atoms. The van der Waals surface area contributed by atoms with Gasteiger partial charge in [-0.05, 0) is 42.7 Å². The lowest BCUT2D eigenvalue weighted by Gasteiger charge is -2.15. The minimum atomic E-state index is -0.811. The van der Waals surface area contributed by atoms with E-state index in [2.05, 4.69) is 38.3 Å². The van der Waals surface area contributed by atoms with E-state index in [-0.39, 0.29) is 6.54 Å². The number of aryl methyl sites for hydroxylation is 1. The van der Waals surface area contributed by atoms with Crippen LogP contribution in [0.15, 0.2) is 67.3 Å². The highest BCUT2D eigenvalue weighted by Gasteiger charge is 2.08. The number of nitrogens with zero attached hydrogens (tertiary/aromatic N) is 1. The fourth-order valence-electron chi connectivity index (χ4n) is 2.39. The third kappa shape index (κ3) is 8.32. The van der Waals surface area contributed by atoms with Crippen LogP contribution in [0, 0.1) is 6.92 Å². The van der Waals surface area contributed by atoms with Crippen LogP contribution in [0.5, 0.6) is 0 Å². The van der Waals surface area contributed by atoms with Crippen LogP contribution in [0.3, 0.4) is 0 Å². The van der Waals surface area contributed by atoms with E-state index in [0.717, 1.165) is 23.1 Å². The highest BCUT2D eigenvalue weighted by Crippen LogP contribution is 2.27. The van der Waals surface area contributed by atoms with Crippen LogP contribution in [-0.4, -0.2) is 36.1 Å². The molecule has 1 N–H and O–H groups in total. The van der Waals surface area contributed by atoms with Crippen molar-refractivity contribution >= 4 is 11.5 Å². The summed E-state index contributed by atoms with van der Waals surface area (Å²) in [5.74, 6) is -0.811. The Morgan fingerprint density at radius 2 is 1.88 bits per heavy atom. The molecule has 0 radical (unpaired) electrons. The second kappa shape index (κ2) is 13.0. The molecule has 1 aromatic rings. The minimum absolute atomic E-state index is 0.0460. The Morgan fingerprint density at radius 3 is 2.40 bits per heavy atom. The van der Waals surface area contributed by atoms with Crippen molar-refractivity contribution in [3.63, 3.8) is 0 Å². The summed E-state index contributed by atoms with van der Waals surface area (Å²) in [6.07, 6.45) is 8.40. The lowest BCUT2D eigenvalue weighted by molar-refractivity contribution is -0.137. The number of rotatable bonds is 9. The summed E-state index contributed by atoms with van der Waals surface area (Å²) in [7, 11) is 1.81. The highest BCUT2D eigenvalue weighted by atomic mass is 16.4. The van der Waals surface area contributed by atoms with Gasteiger partial charge >= 0.3 is 5.97 Å². The standard InChI is InChI=1S/C20H25NO2.C2H6/c1-5-10-17(6-2)19(18-12-8-7-11-16(18)3)13-9-14-21(4)15-20(22)23;1-2/h5-8,10-13H,1-2,9,14-15H2,3-4H3,(H,22,23);1-2H3/b17-10+,19-13+;. The summed E-state index contributed by atoms with van der Waals surface area (Å²) >= 11 is 0. The Hall–Kier alpha value is -2.39. The molecule has 0 saturated heterocycles. The van der Waals surface area contributed by atoms with E-state index in [1.807, 2.05) is 45.2 Å². The maximum absolute atomic E-state index is 10.7. The van der Waals surface area contributed by atoms with E-state index in [1.165, 1.54) is 5.56 Å². The van der Waals surface area contributed by atoms with Crippen molar-refractivity contribution in [2.75, 3.05) is 20.1 Å². The molecular formula is C22H31NO2. The second-order valence-corrected chi connectivity index (χ2v) is 5.41. The summed E-state index contributed by atoms with van der Waals surface area (Å²) in [5.41, 5.74) is 4.45. The van der Waals surface area contributed by atoms with Crippen molar-refractivity contribution in [3.05, 3.63) is 78.4 Å². The number of hydrogen-bond acceptors (Lipinski definition) is 2. The fourth-order valence-corrected chi connectivity index (χ4v) is 2.39. The molecule has 136 valence electrons. The van der Waals surface area contributed by atoms with Crippen LogP contribution < -0.4 is 0 Å². The topological polar surface area (TPSA) is 40.5 Å². The largest absolute Gasteiger partial charge is 0.480 e. The van der Waals surface area contributed by atoms with Gasteiger partial charge in [0.2, 0.25) is 0 Å². The van der Waals surface area contributed by atoms with Crippen molar-refractivity contribution < 1.29 is 9.90 Å². The normalized spacial score (nSPS) is 11.6. The molecule has 3 nitrogen and oxygen atoms in total. The number of aliphatic carboxylic acids is 1. The minimum Gasteiger partial charge on any atom is -0.480 e. The number of allylic oxidation sites excluding steroid dienone is 5. The molecule has 0 unspecified atom stereocenters. The summed E-state index contributed by atoms with van der Waals surface area (Å²) < 4.78 is 0. The zero-order valence-electron chi connectivity index (χ0n) is 16.0. The van der Waals surface area contributed by atoms with E-state index in [0.29, 0.717) is 6.54 Å². The second-order valence-electron chi connectivity index (χ2n) is 5.41. The van der Waals surface area contributed by atoms with E-state index >= 15 is 0 Å². The first-order valence-corrected chi connectivity index (χ1v) is 8.61. The van der Waals surface area contributed by atoms with Gasteiger partial charge in [0.15, 0.2) is 0 Å². The van der Waals surface area contributed by atoms with Crippen LogP contribution >= 0.6 is 0 Å². The van der Waals surface area contributed by atoms with Gasteiger partial charge < -0.3 is 5.11 Å². The van der Waals surface area contributed by atoms with Crippen LogP contribution in [0.25, 0.3) is 5.57 Å². The molecule has 1 rings (SSSR count). The van der Waals surface area contributed by atoms with E-state index in [4.69, 9.17) is 5.11 Å². The molecule has 0 aliphatic carbocycles. The molecule has 25 heavy (non-hydrogen) atoms. The van der Waals surface area contributed by atoms with Gasteiger partial charge in [0.25, 0.3) is 0 Å². The van der Waals surface area contributed by atoms with Crippen molar-refractivity contribution in [1.29, 1.82) is 0 Å². The molecule has 0 aliphatic heterocycles. The maximum Gasteiger partial charge on any atom is 0.317 e. The Morgan fingerprint density at radius 1 is 1.24 bits per heavy atom. The lowest BCUT2D eigenvalue weighted by atomic mass is 9.93. The predicted molar refractivity (Wildman–Crippen MR) is 109 cm³/mol. The van der Waals surface area contributed by atoms with Gasteiger partial charge in [0.05, 0.1) is 6.54 Å². The highest BCUT2D eigenvalue weighted by molar-refractivity contribution is 5.83. The summed E-state index contributed by atoms with van der Waals surface area (Å²) in [6.45, 7) is 14.5. The SMILES string of the molecule is C=C/C=C(C=C)/C(=C\CCN(C)CC(=O)O)c1ccccc1C.CC. The van der Waals surface area contributed by atoms with Gasteiger partial charge in [-0.15, -0.1) is 0 Å². The van der Waals surface area contributed by atoms with E-state index < -0.39 is 5.97 Å². The molecule has 0 saturated carbocycles. The molecule has 0 aliphatic rings. The molecule has 0 aromatic heterocycles. The van der Waals surface area contributed by atoms with Gasteiger partial charge in [-0.1, -0.05) is 75.6 Å². The number of carboxylic acids is 1. The first-order chi connectivity index (χ1) is 12.0. The third-order valence-corrected chi connectivity index (χ3v) is 3.53. The number of carboxylic acid groups (broad SMARTS) is 1. The molecule has 3 heteroatoms. The summed E-state index contributed by atoms with van der Waals surface area (Å²) in [5, 5.41) is 8.81. The van der Waals surface area contributed by atoms with Crippen LogP contribution in [0.4, 0.5) is 0 Å². The number of carbonyl (C=O) groups is 1. The predicted octanol–water partition coefficient (Wildman–Crippen LogP) is 5.11. The average molecular weight is 341 g/mol.